The van der Waals surface area contributed by atoms with Gasteiger partial charge in [-0.3, -0.25) is 20.0 Å². The number of aromatic nitrogens is 1. The summed E-state index contributed by atoms with van der Waals surface area (Å²) in [5, 5.41) is 14.4. The molecule has 3 N–H and O–H groups in total. The van der Waals surface area contributed by atoms with Crippen molar-refractivity contribution in [3.05, 3.63) is 92.7 Å². The van der Waals surface area contributed by atoms with Crippen molar-refractivity contribution >= 4 is 17.6 Å². The van der Waals surface area contributed by atoms with E-state index < -0.39 is 35.0 Å². The van der Waals surface area contributed by atoms with Gasteiger partial charge < -0.3 is 20.5 Å². The highest BCUT2D eigenvalue weighted by Crippen LogP contribution is 2.40. The van der Waals surface area contributed by atoms with Crippen molar-refractivity contribution in [1.82, 2.24) is 15.2 Å². The van der Waals surface area contributed by atoms with E-state index in [1.54, 1.807) is 33.0 Å². The van der Waals surface area contributed by atoms with Crippen LogP contribution in [0.25, 0.3) is 0 Å². The monoisotopic (exact) mass is 535 g/mol. The van der Waals surface area contributed by atoms with Crippen LogP contribution in [0.1, 0.15) is 50.7 Å². The van der Waals surface area contributed by atoms with Crippen LogP contribution in [0.3, 0.4) is 0 Å². The Labute approximate surface area is 226 Å². The minimum Gasteiger partial charge on any atom is -0.460 e. The van der Waals surface area contributed by atoms with Gasteiger partial charge in [0.2, 0.25) is 0 Å². The van der Waals surface area contributed by atoms with Crippen molar-refractivity contribution in [2.45, 2.75) is 58.3 Å². The molecule has 0 radical (unpaired) electrons. The number of non-ortho nitro benzene ring substituents is 1. The summed E-state index contributed by atoms with van der Waals surface area (Å²) < 4.78 is 11.4. The first-order valence-corrected chi connectivity index (χ1v) is 12.9. The van der Waals surface area contributed by atoms with Crippen LogP contribution in [-0.2, 0) is 25.6 Å². The molecule has 4 rings (SSSR count). The number of carbonyl (C=O) groups excluding carboxylic acids is 2. The van der Waals surface area contributed by atoms with Gasteiger partial charge in [0.1, 0.15) is 11.9 Å². The van der Waals surface area contributed by atoms with Crippen molar-refractivity contribution < 1.29 is 24.0 Å². The normalized spacial score (nSPS) is 20.0. The highest BCUT2D eigenvalue weighted by molar-refractivity contribution is 6.00. The number of allylic oxidation sites excluding steroid dienone is 1. The average Bonchev–Trinajstić information content (AvgIpc) is 2.88. The standard InChI is InChI=1S/C28H33N5O6/c1-17(2)38-27(34)23-18(3)31-26(29)25(24(23)20-8-4-9-21(13-20)33(36)37)28(35)39-22-10-6-12-32(16-22)15-19-7-5-11-30-14-19/h4-5,7-9,11,13-14,17,22,24,31H,6,10,12,15-16,29H2,1-3H3. The zero-order chi connectivity index (χ0) is 28.1. The highest BCUT2D eigenvalue weighted by Gasteiger charge is 2.40. The second kappa shape index (κ2) is 12.1. The van der Waals surface area contributed by atoms with Gasteiger partial charge in [-0.15, -0.1) is 0 Å². The molecular formula is C28H33N5O6. The largest absolute Gasteiger partial charge is 0.460 e. The smallest absolute Gasteiger partial charge is 0.338 e. The van der Waals surface area contributed by atoms with E-state index in [0.29, 0.717) is 30.8 Å². The quantitative estimate of drug-likeness (QED) is 0.293. The lowest BCUT2D eigenvalue weighted by Crippen LogP contribution is -2.42. The van der Waals surface area contributed by atoms with Gasteiger partial charge in [0, 0.05) is 43.3 Å². The number of ether oxygens (including phenoxy) is 2. The van der Waals surface area contributed by atoms with Crippen LogP contribution in [0, 0.1) is 10.1 Å². The molecule has 3 heterocycles. The third-order valence-electron chi connectivity index (χ3n) is 6.66. The van der Waals surface area contributed by atoms with Gasteiger partial charge in [-0.25, -0.2) is 9.59 Å². The number of piperidine rings is 1. The van der Waals surface area contributed by atoms with E-state index in [2.05, 4.69) is 15.2 Å². The Kier molecular flexibility index (Phi) is 8.60. The summed E-state index contributed by atoms with van der Waals surface area (Å²) in [6.45, 7) is 7.14. The SMILES string of the molecule is CC1=C(C(=O)OC(C)C)C(c2cccc([N+](=O)[O-])c2)C(C(=O)OC2CCCN(Cc3cccnc3)C2)=C(N)N1. The number of nitrogens with one attached hydrogen (secondary N) is 1. The van der Waals surface area contributed by atoms with Gasteiger partial charge in [0.15, 0.2) is 0 Å². The molecular weight excluding hydrogens is 502 g/mol. The van der Waals surface area contributed by atoms with Gasteiger partial charge >= 0.3 is 11.9 Å². The summed E-state index contributed by atoms with van der Waals surface area (Å²) >= 11 is 0. The van der Waals surface area contributed by atoms with Crippen LogP contribution in [0.2, 0.25) is 0 Å². The van der Waals surface area contributed by atoms with E-state index in [9.17, 15) is 19.7 Å². The van der Waals surface area contributed by atoms with Gasteiger partial charge in [0.05, 0.1) is 28.1 Å². The van der Waals surface area contributed by atoms with Gasteiger partial charge in [0.25, 0.3) is 5.69 Å². The molecule has 2 aliphatic heterocycles. The molecule has 1 saturated heterocycles. The Hall–Kier alpha value is -4.25. The number of hydrogen-bond acceptors (Lipinski definition) is 10. The Morgan fingerprint density at radius 2 is 2.03 bits per heavy atom. The number of carbonyl (C=O) groups is 2. The Morgan fingerprint density at radius 3 is 2.72 bits per heavy atom. The molecule has 0 bridgehead atoms. The summed E-state index contributed by atoms with van der Waals surface area (Å²) in [5.74, 6) is -2.32. The second-order valence-corrected chi connectivity index (χ2v) is 10.00. The molecule has 11 heteroatoms. The van der Waals surface area contributed by atoms with Crippen LogP contribution in [-0.4, -0.2) is 52.0 Å². The van der Waals surface area contributed by atoms with Crippen molar-refractivity contribution in [2.24, 2.45) is 5.73 Å². The number of rotatable bonds is 8. The number of dihydropyridines is 1. The molecule has 1 aromatic heterocycles. The third kappa shape index (κ3) is 6.61. The lowest BCUT2D eigenvalue weighted by molar-refractivity contribution is -0.384. The van der Waals surface area contributed by atoms with E-state index in [1.807, 2.05) is 18.3 Å². The predicted molar refractivity (Wildman–Crippen MR) is 143 cm³/mol. The van der Waals surface area contributed by atoms with Crippen molar-refractivity contribution in [2.75, 3.05) is 13.1 Å². The molecule has 1 fully saturated rings. The van der Waals surface area contributed by atoms with Crippen molar-refractivity contribution in [3.8, 4) is 0 Å². The fourth-order valence-corrected chi connectivity index (χ4v) is 5.00. The maximum absolute atomic E-state index is 13.7. The van der Waals surface area contributed by atoms with E-state index in [4.69, 9.17) is 15.2 Å². The number of esters is 2. The molecule has 0 spiro atoms. The number of nitrogens with two attached hydrogens (primary N) is 1. The molecule has 206 valence electrons. The van der Waals surface area contributed by atoms with E-state index in [1.165, 1.54) is 18.2 Å². The Balaban J connectivity index is 1.63. The first kappa shape index (κ1) is 27.8. The lowest BCUT2D eigenvalue weighted by atomic mass is 9.81. The Morgan fingerprint density at radius 1 is 1.23 bits per heavy atom. The molecule has 1 aromatic carbocycles. The van der Waals surface area contributed by atoms with E-state index in [0.717, 1.165) is 18.5 Å². The molecule has 39 heavy (non-hydrogen) atoms. The molecule has 0 aliphatic carbocycles. The fourth-order valence-electron chi connectivity index (χ4n) is 5.00. The maximum Gasteiger partial charge on any atom is 0.338 e. The number of nitro benzene ring substituents is 1. The number of benzene rings is 1. The van der Waals surface area contributed by atoms with Crippen molar-refractivity contribution in [3.63, 3.8) is 0 Å². The summed E-state index contributed by atoms with van der Waals surface area (Å²) in [5.41, 5.74) is 8.13. The maximum atomic E-state index is 13.7. The second-order valence-electron chi connectivity index (χ2n) is 10.00. The molecule has 0 amide bonds. The van der Waals surface area contributed by atoms with Crippen LogP contribution >= 0.6 is 0 Å². The number of nitrogens with zero attached hydrogens (tertiary/aromatic N) is 3. The molecule has 2 atom stereocenters. The van der Waals surface area contributed by atoms with Gasteiger partial charge in [-0.05, 0) is 57.4 Å². The van der Waals surface area contributed by atoms with Crippen LogP contribution in [0.4, 0.5) is 5.69 Å². The molecule has 2 aromatic rings. The number of hydrogen-bond donors (Lipinski definition) is 2. The minimum absolute atomic E-state index is 0.0150. The van der Waals surface area contributed by atoms with Crippen LogP contribution < -0.4 is 11.1 Å². The molecule has 2 aliphatic rings. The van der Waals surface area contributed by atoms with Crippen molar-refractivity contribution in [1.29, 1.82) is 0 Å². The lowest BCUT2D eigenvalue weighted by Gasteiger charge is -2.34. The Bertz CT molecular complexity index is 1310. The fraction of sp³-hybridized carbons (Fsp3) is 0.393. The van der Waals surface area contributed by atoms with E-state index in [-0.39, 0.29) is 22.7 Å². The van der Waals surface area contributed by atoms with Gasteiger partial charge in [-0.1, -0.05) is 18.2 Å². The summed E-state index contributed by atoms with van der Waals surface area (Å²) in [6.07, 6.45) is 4.23. The molecule has 2 unspecified atom stereocenters. The topological polar surface area (TPSA) is 150 Å². The number of nitro groups is 1. The number of pyridine rings is 1. The zero-order valence-corrected chi connectivity index (χ0v) is 22.3. The van der Waals surface area contributed by atoms with Gasteiger partial charge in [-0.2, -0.15) is 0 Å². The highest BCUT2D eigenvalue weighted by atomic mass is 16.6. The summed E-state index contributed by atoms with van der Waals surface area (Å²) in [4.78, 5) is 44.3. The van der Waals surface area contributed by atoms with Crippen LogP contribution in [0.15, 0.2) is 71.5 Å². The third-order valence-corrected chi connectivity index (χ3v) is 6.66. The first-order chi connectivity index (χ1) is 18.6. The number of likely N-dealkylation sites (tertiary alicyclic amines) is 1. The molecule has 0 saturated carbocycles. The zero-order valence-electron chi connectivity index (χ0n) is 22.3. The summed E-state index contributed by atoms with van der Waals surface area (Å²) in [7, 11) is 0. The summed E-state index contributed by atoms with van der Waals surface area (Å²) in [6, 6.07) is 9.69. The average molecular weight is 536 g/mol. The minimum atomic E-state index is -1.01. The predicted octanol–water partition coefficient (Wildman–Crippen LogP) is 3.28. The first-order valence-electron chi connectivity index (χ1n) is 12.9. The molecule has 11 nitrogen and oxygen atoms in total. The van der Waals surface area contributed by atoms with Crippen LogP contribution in [0.5, 0.6) is 0 Å². The van der Waals surface area contributed by atoms with E-state index >= 15 is 0 Å².